The number of carbonyl (C=O) groups is 2. The number of hydrogen-bond acceptors (Lipinski definition) is 3. The molecule has 0 atom stereocenters. The van der Waals surface area contributed by atoms with Crippen molar-refractivity contribution in [3.05, 3.63) is 51.2 Å². The number of fused-ring (bicyclic) bond motifs is 1. The predicted molar refractivity (Wildman–Crippen MR) is 112 cm³/mol. The number of carbonyl (C=O) groups excluding carboxylic acids is 2. The Morgan fingerprint density at radius 1 is 1.10 bits per heavy atom. The summed E-state index contributed by atoms with van der Waals surface area (Å²) in [5.41, 5.74) is -0.00830. The third-order valence-corrected chi connectivity index (χ3v) is 6.44. The highest BCUT2D eigenvalue weighted by Gasteiger charge is 2.33. The summed E-state index contributed by atoms with van der Waals surface area (Å²) in [4.78, 5) is 28.6. The van der Waals surface area contributed by atoms with Crippen molar-refractivity contribution in [1.29, 1.82) is 0 Å². The van der Waals surface area contributed by atoms with Crippen molar-refractivity contribution in [2.24, 2.45) is 0 Å². The van der Waals surface area contributed by atoms with Gasteiger partial charge in [-0.05, 0) is 56.4 Å². The number of benzene rings is 1. The summed E-state index contributed by atoms with van der Waals surface area (Å²) >= 11 is 1.47. The topological polar surface area (TPSA) is 49.4 Å². The highest BCUT2D eigenvalue weighted by atomic mass is 32.1. The van der Waals surface area contributed by atoms with Gasteiger partial charge in [-0.1, -0.05) is 25.0 Å². The molecule has 0 saturated carbocycles. The molecule has 2 amide bonds. The maximum absolute atomic E-state index is 13.1. The van der Waals surface area contributed by atoms with E-state index in [4.69, 9.17) is 0 Å². The number of nitrogens with zero attached hydrogens (tertiary/aromatic N) is 1. The quantitative estimate of drug-likeness (QED) is 0.668. The first-order chi connectivity index (χ1) is 14.3. The minimum absolute atomic E-state index is 0.256. The second kappa shape index (κ2) is 9.64. The average molecular weight is 439 g/mol. The number of alkyl halides is 3. The van der Waals surface area contributed by atoms with Crippen LogP contribution in [0.2, 0.25) is 0 Å². The lowest BCUT2D eigenvalue weighted by Crippen LogP contribution is -2.37. The van der Waals surface area contributed by atoms with E-state index in [1.54, 1.807) is 6.92 Å². The lowest BCUT2D eigenvalue weighted by atomic mass is 10.00. The molecule has 0 saturated heterocycles. The van der Waals surface area contributed by atoms with E-state index >= 15 is 0 Å². The smallest absolute Gasteiger partial charge is 0.329 e. The number of thiophene rings is 1. The number of halogens is 3. The summed E-state index contributed by atoms with van der Waals surface area (Å²) in [6.07, 6.45) is 1.96. The SMILES string of the molecule is CCN(CC(=O)Nc1ccccc1C(F)(F)F)C(=O)c1cc2c(s1)CCCCCC2. The molecule has 1 heterocycles. The molecule has 1 aromatic carbocycles. The summed E-state index contributed by atoms with van der Waals surface area (Å²) in [6, 6.07) is 6.74. The lowest BCUT2D eigenvalue weighted by molar-refractivity contribution is -0.137. The predicted octanol–water partition coefficient (Wildman–Crippen LogP) is 5.53. The Balaban J connectivity index is 1.70. The third-order valence-electron chi connectivity index (χ3n) is 5.22. The zero-order valence-corrected chi connectivity index (χ0v) is 17.7. The molecule has 3 rings (SSSR count). The summed E-state index contributed by atoms with van der Waals surface area (Å²) in [5, 5.41) is 2.30. The van der Waals surface area contributed by atoms with Crippen LogP contribution < -0.4 is 5.32 Å². The second-order valence-corrected chi connectivity index (χ2v) is 8.52. The van der Waals surface area contributed by atoms with Gasteiger partial charge in [-0.25, -0.2) is 0 Å². The largest absolute Gasteiger partial charge is 0.418 e. The first kappa shape index (κ1) is 22.3. The number of hydrogen-bond donors (Lipinski definition) is 1. The molecule has 8 heteroatoms. The maximum atomic E-state index is 13.1. The standard InChI is InChI=1S/C22H25F3N2O2S/c1-2-27(14-20(28)26-17-11-8-7-10-16(17)22(23,24)25)21(29)19-13-15-9-5-3-4-6-12-18(15)30-19/h7-8,10-11,13H,2-6,9,12,14H2,1H3,(H,26,28). The molecule has 30 heavy (non-hydrogen) atoms. The molecule has 0 aliphatic heterocycles. The lowest BCUT2D eigenvalue weighted by Gasteiger charge is -2.20. The van der Waals surface area contributed by atoms with Gasteiger partial charge in [-0.15, -0.1) is 11.3 Å². The molecule has 1 aliphatic rings. The molecule has 0 unspecified atom stereocenters. The van der Waals surface area contributed by atoms with Crippen molar-refractivity contribution in [3.8, 4) is 0 Å². The number of nitrogens with one attached hydrogen (secondary N) is 1. The summed E-state index contributed by atoms with van der Waals surface area (Å²) in [6.45, 7) is 1.73. The van der Waals surface area contributed by atoms with E-state index in [1.807, 2.05) is 6.07 Å². The average Bonchev–Trinajstić information content (AvgIpc) is 3.07. The van der Waals surface area contributed by atoms with E-state index in [0.29, 0.717) is 4.88 Å². The van der Waals surface area contributed by atoms with E-state index in [2.05, 4.69) is 5.32 Å². The van der Waals surface area contributed by atoms with Crippen molar-refractivity contribution >= 4 is 28.8 Å². The van der Waals surface area contributed by atoms with Gasteiger partial charge in [0.1, 0.15) is 6.54 Å². The molecule has 1 aromatic heterocycles. The van der Waals surface area contributed by atoms with Crippen molar-refractivity contribution in [1.82, 2.24) is 4.90 Å². The van der Waals surface area contributed by atoms with Crippen LogP contribution in [-0.4, -0.2) is 29.8 Å². The van der Waals surface area contributed by atoms with Crippen LogP contribution in [0.15, 0.2) is 30.3 Å². The van der Waals surface area contributed by atoms with Gasteiger partial charge in [-0.2, -0.15) is 13.2 Å². The van der Waals surface area contributed by atoms with Gasteiger partial charge in [0.15, 0.2) is 0 Å². The highest BCUT2D eigenvalue weighted by Crippen LogP contribution is 2.34. The third kappa shape index (κ3) is 5.41. The van der Waals surface area contributed by atoms with Crippen LogP contribution >= 0.6 is 11.3 Å². The molecule has 1 N–H and O–H groups in total. The minimum Gasteiger partial charge on any atom is -0.329 e. The number of aryl methyl sites for hydroxylation is 2. The van der Waals surface area contributed by atoms with Crippen LogP contribution in [-0.2, 0) is 23.8 Å². The molecular formula is C22H25F3N2O2S. The molecule has 162 valence electrons. The van der Waals surface area contributed by atoms with Gasteiger partial charge >= 0.3 is 6.18 Å². The fourth-order valence-electron chi connectivity index (χ4n) is 3.64. The normalized spacial score (nSPS) is 14.4. The molecule has 1 aliphatic carbocycles. The number of amides is 2. The zero-order valence-electron chi connectivity index (χ0n) is 16.8. The monoisotopic (exact) mass is 438 g/mol. The Bertz CT molecular complexity index is 883. The molecule has 0 fully saturated rings. The van der Waals surface area contributed by atoms with E-state index in [0.717, 1.165) is 31.7 Å². The summed E-state index contributed by atoms with van der Waals surface area (Å²) in [7, 11) is 0. The van der Waals surface area contributed by atoms with Crippen LogP contribution in [0.25, 0.3) is 0 Å². The summed E-state index contributed by atoms with van der Waals surface area (Å²) < 4.78 is 39.4. The van der Waals surface area contributed by atoms with Crippen LogP contribution in [0.1, 0.15) is 58.3 Å². The Hall–Kier alpha value is -2.35. The van der Waals surface area contributed by atoms with E-state index < -0.39 is 17.6 Å². The molecule has 2 aromatic rings. The molecule has 0 spiro atoms. The molecule has 0 radical (unpaired) electrons. The Morgan fingerprint density at radius 2 is 1.80 bits per heavy atom. The maximum Gasteiger partial charge on any atom is 0.418 e. The number of para-hydroxylation sites is 1. The number of rotatable bonds is 5. The van der Waals surface area contributed by atoms with Gasteiger partial charge in [0, 0.05) is 11.4 Å². The van der Waals surface area contributed by atoms with Crippen molar-refractivity contribution in [2.75, 3.05) is 18.4 Å². The van der Waals surface area contributed by atoms with E-state index in [9.17, 15) is 22.8 Å². The minimum atomic E-state index is -4.57. The van der Waals surface area contributed by atoms with Crippen molar-refractivity contribution in [2.45, 2.75) is 51.6 Å². The first-order valence-corrected chi connectivity index (χ1v) is 11.0. The van der Waals surface area contributed by atoms with Crippen LogP contribution in [0, 0.1) is 0 Å². The van der Waals surface area contributed by atoms with Gasteiger partial charge < -0.3 is 10.2 Å². The van der Waals surface area contributed by atoms with Gasteiger partial charge in [0.05, 0.1) is 16.1 Å². The fraction of sp³-hybridized carbons (Fsp3) is 0.455. The summed E-state index contributed by atoms with van der Waals surface area (Å²) in [5.74, 6) is -0.912. The van der Waals surface area contributed by atoms with Crippen LogP contribution in [0.4, 0.5) is 18.9 Å². The molecule has 0 bridgehead atoms. The van der Waals surface area contributed by atoms with Crippen LogP contribution in [0.5, 0.6) is 0 Å². The Kier molecular flexibility index (Phi) is 7.18. The second-order valence-electron chi connectivity index (χ2n) is 7.38. The number of likely N-dealkylation sites (N-methyl/N-ethyl adjacent to an activating group) is 1. The molecule has 4 nitrogen and oxygen atoms in total. The molecular weight excluding hydrogens is 413 g/mol. The van der Waals surface area contributed by atoms with Crippen LogP contribution in [0.3, 0.4) is 0 Å². The first-order valence-electron chi connectivity index (χ1n) is 10.2. The van der Waals surface area contributed by atoms with E-state index in [-0.39, 0.29) is 24.7 Å². The Morgan fingerprint density at radius 3 is 2.50 bits per heavy atom. The number of anilines is 1. The zero-order chi connectivity index (χ0) is 21.7. The fourth-order valence-corrected chi connectivity index (χ4v) is 4.86. The Labute approximate surface area is 178 Å². The van der Waals surface area contributed by atoms with Crippen molar-refractivity contribution < 1.29 is 22.8 Å². The highest BCUT2D eigenvalue weighted by molar-refractivity contribution is 7.14. The van der Waals surface area contributed by atoms with Gasteiger partial charge in [-0.3, -0.25) is 9.59 Å². The van der Waals surface area contributed by atoms with Crippen molar-refractivity contribution in [3.63, 3.8) is 0 Å². The van der Waals surface area contributed by atoms with E-state index in [1.165, 1.54) is 57.7 Å². The van der Waals surface area contributed by atoms with Gasteiger partial charge in [0.2, 0.25) is 5.91 Å². The van der Waals surface area contributed by atoms with Gasteiger partial charge in [0.25, 0.3) is 5.91 Å².